The Morgan fingerprint density at radius 2 is 2.20 bits per heavy atom. The predicted molar refractivity (Wildman–Crippen MR) is 55.6 cm³/mol. The van der Waals surface area contributed by atoms with Crippen molar-refractivity contribution < 1.29 is 9.53 Å². The second-order valence-corrected chi connectivity index (χ2v) is 3.15. The quantitative estimate of drug-likeness (QED) is 0.748. The molecule has 1 rings (SSSR count). The first-order chi connectivity index (χ1) is 7.13. The van der Waals surface area contributed by atoms with Crippen molar-refractivity contribution in [1.29, 1.82) is 5.26 Å². The highest BCUT2D eigenvalue weighted by molar-refractivity contribution is 5.70. The van der Waals surface area contributed by atoms with Crippen LogP contribution in [0.3, 0.4) is 0 Å². The van der Waals surface area contributed by atoms with Crippen molar-refractivity contribution in [2.45, 2.75) is 13.8 Å². The molecule has 0 heterocycles. The normalized spacial score (nSPS) is 9.13. The number of hydrogen-bond donors (Lipinski definition) is 1. The monoisotopic (exact) mass is 204 g/mol. The second kappa shape index (κ2) is 5.01. The van der Waals surface area contributed by atoms with E-state index in [4.69, 9.17) is 10.00 Å². The molecule has 0 aromatic heterocycles. The molecule has 0 aliphatic rings. The van der Waals surface area contributed by atoms with Gasteiger partial charge in [-0.1, -0.05) is 6.07 Å². The molecular weight excluding hydrogens is 192 g/mol. The zero-order valence-corrected chi connectivity index (χ0v) is 8.70. The van der Waals surface area contributed by atoms with Crippen molar-refractivity contribution in [2.75, 3.05) is 6.54 Å². The fourth-order valence-corrected chi connectivity index (χ4v) is 1.03. The van der Waals surface area contributed by atoms with E-state index in [2.05, 4.69) is 5.32 Å². The average molecular weight is 204 g/mol. The van der Waals surface area contributed by atoms with Crippen molar-refractivity contribution in [3.63, 3.8) is 0 Å². The van der Waals surface area contributed by atoms with Crippen LogP contribution in [0.1, 0.15) is 11.1 Å². The van der Waals surface area contributed by atoms with Gasteiger partial charge in [0.15, 0.2) is 0 Å². The smallest absolute Gasteiger partial charge is 0.410 e. The van der Waals surface area contributed by atoms with Crippen molar-refractivity contribution in [2.24, 2.45) is 0 Å². The van der Waals surface area contributed by atoms with Gasteiger partial charge in [-0.15, -0.1) is 0 Å². The van der Waals surface area contributed by atoms with Crippen molar-refractivity contribution in [1.82, 2.24) is 5.32 Å². The van der Waals surface area contributed by atoms with E-state index in [1.165, 1.54) is 0 Å². The number of benzene rings is 1. The number of rotatable bonds is 2. The molecule has 1 amide bonds. The third kappa shape index (κ3) is 3.31. The van der Waals surface area contributed by atoms with Gasteiger partial charge in [-0.3, -0.25) is 0 Å². The molecule has 0 bridgehead atoms. The zero-order chi connectivity index (χ0) is 11.3. The van der Waals surface area contributed by atoms with Crippen LogP contribution >= 0.6 is 0 Å². The molecule has 0 saturated heterocycles. The van der Waals surface area contributed by atoms with Gasteiger partial charge in [-0.05, 0) is 37.1 Å². The molecule has 0 atom stereocenters. The Balaban J connectivity index is 2.62. The highest BCUT2D eigenvalue weighted by atomic mass is 16.5. The van der Waals surface area contributed by atoms with Gasteiger partial charge in [0.1, 0.15) is 12.3 Å². The number of nitrogens with zero attached hydrogens (tertiary/aromatic N) is 1. The minimum atomic E-state index is -0.611. The van der Waals surface area contributed by atoms with Crippen LogP contribution in [0.15, 0.2) is 18.2 Å². The van der Waals surface area contributed by atoms with Gasteiger partial charge in [0.05, 0.1) is 6.07 Å². The largest absolute Gasteiger partial charge is 0.413 e. The lowest BCUT2D eigenvalue weighted by Gasteiger charge is -2.06. The molecule has 1 aromatic rings. The lowest BCUT2D eigenvalue weighted by atomic mass is 10.1. The number of hydrogen-bond acceptors (Lipinski definition) is 3. The Bertz CT molecular complexity index is 408. The SMILES string of the molecule is Cc1ccc(OC(=O)NCC#N)cc1C. The third-order valence-corrected chi connectivity index (χ3v) is 2.00. The van der Waals surface area contributed by atoms with E-state index in [-0.39, 0.29) is 6.54 Å². The summed E-state index contributed by atoms with van der Waals surface area (Å²) in [7, 11) is 0. The van der Waals surface area contributed by atoms with Gasteiger partial charge in [-0.2, -0.15) is 5.26 Å². The van der Waals surface area contributed by atoms with Gasteiger partial charge in [-0.25, -0.2) is 4.79 Å². The topological polar surface area (TPSA) is 62.1 Å². The predicted octanol–water partition coefficient (Wildman–Crippen LogP) is 1.92. The molecule has 0 spiro atoms. The molecule has 78 valence electrons. The van der Waals surface area contributed by atoms with Crippen LogP contribution < -0.4 is 10.1 Å². The van der Waals surface area contributed by atoms with Gasteiger partial charge in [0.2, 0.25) is 0 Å². The molecule has 4 heteroatoms. The summed E-state index contributed by atoms with van der Waals surface area (Å²) < 4.78 is 4.95. The molecule has 0 saturated carbocycles. The Kier molecular flexibility index (Phi) is 3.69. The Morgan fingerprint density at radius 1 is 1.47 bits per heavy atom. The van der Waals surface area contributed by atoms with E-state index in [1.54, 1.807) is 18.2 Å². The van der Waals surface area contributed by atoms with E-state index < -0.39 is 6.09 Å². The fraction of sp³-hybridized carbons (Fsp3) is 0.273. The Morgan fingerprint density at radius 3 is 2.80 bits per heavy atom. The minimum Gasteiger partial charge on any atom is -0.410 e. The van der Waals surface area contributed by atoms with Crippen LogP contribution in [0.4, 0.5) is 4.79 Å². The van der Waals surface area contributed by atoms with Gasteiger partial charge in [0, 0.05) is 0 Å². The van der Waals surface area contributed by atoms with Gasteiger partial charge >= 0.3 is 6.09 Å². The first-order valence-corrected chi connectivity index (χ1v) is 4.53. The van der Waals surface area contributed by atoms with E-state index >= 15 is 0 Å². The molecule has 0 unspecified atom stereocenters. The van der Waals surface area contributed by atoms with Crippen molar-refractivity contribution >= 4 is 6.09 Å². The van der Waals surface area contributed by atoms with Crippen molar-refractivity contribution in [3.8, 4) is 11.8 Å². The number of carbonyl (C=O) groups is 1. The summed E-state index contributed by atoms with van der Waals surface area (Å²) in [6, 6.07) is 7.17. The van der Waals surface area contributed by atoms with Crippen molar-refractivity contribution in [3.05, 3.63) is 29.3 Å². The molecule has 4 nitrogen and oxygen atoms in total. The van der Waals surface area contributed by atoms with E-state index in [1.807, 2.05) is 19.9 Å². The Labute approximate surface area is 88.5 Å². The zero-order valence-electron chi connectivity index (χ0n) is 8.70. The van der Waals surface area contributed by atoms with E-state index in [9.17, 15) is 4.79 Å². The molecule has 0 fully saturated rings. The number of carbonyl (C=O) groups excluding carboxylic acids is 1. The number of nitrogens with one attached hydrogen (secondary N) is 1. The van der Waals surface area contributed by atoms with Crippen LogP contribution in [-0.4, -0.2) is 12.6 Å². The maximum absolute atomic E-state index is 11.1. The summed E-state index contributed by atoms with van der Waals surface area (Å²) in [5, 5.41) is 10.5. The van der Waals surface area contributed by atoms with Crippen LogP contribution in [0, 0.1) is 25.2 Å². The molecule has 0 aliphatic carbocycles. The van der Waals surface area contributed by atoms with Crippen LogP contribution in [-0.2, 0) is 0 Å². The molecule has 1 N–H and O–H groups in total. The minimum absolute atomic E-state index is 0.0519. The maximum atomic E-state index is 11.1. The second-order valence-electron chi connectivity index (χ2n) is 3.15. The van der Waals surface area contributed by atoms with Gasteiger partial charge < -0.3 is 10.1 Å². The molecule has 0 aliphatic heterocycles. The molecular formula is C11H12N2O2. The Hall–Kier alpha value is -2.02. The van der Waals surface area contributed by atoms with E-state index in [0.29, 0.717) is 5.75 Å². The van der Waals surface area contributed by atoms with Crippen LogP contribution in [0.25, 0.3) is 0 Å². The fourth-order valence-electron chi connectivity index (χ4n) is 1.03. The summed E-state index contributed by atoms with van der Waals surface area (Å²) >= 11 is 0. The number of ether oxygens (including phenoxy) is 1. The average Bonchev–Trinajstić information content (AvgIpc) is 2.20. The first kappa shape index (κ1) is 11.1. The summed E-state index contributed by atoms with van der Waals surface area (Å²) in [5.74, 6) is 0.480. The molecule has 1 aromatic carbocycles. The van der Waals surface area contributed by atoms with Gasteiger partial charge in [0.25, 0.3) is 0 Å². The number of aryl methyl sites for hydroxylation is 2. The first-order valence-electron chi connectivity index (χ1n) is 4.53. The lowest BCUT2D eigenvalue weighted by molar-refractivity contribution is 0.202. The standard InChI is InChI=1S/C11H12N2O2/c1-8-3-4-10(7-9(8)2)15-11(14)13-6-5-12/h3-4,7H,6H2,1-2H3,(H,13,14). The molecule has 15 heavy (non-hydrogen) atoms. The van der Waals surface area contributed by atoms with Crippen LogP contribution in [0.2, 0.25) is 0 Å². The molecule has 0 radical (unpaired) electrons. The number of amides is 1. The summed E-state index contributed by atoms with van der Waals surface area (Å²) in [4.78, 5) is 11.1. The highest BCUT2D eigenvalue weighted by Crippen LogP contribution is 2.16. The summed E-state index contributed by atoms with van der Waals surface area (Å²) in [5.41, 5.74) is 2.19. The lowest BCUT2D eigenvalue weighted by Crippen LogP contribution is -2.26. The summed E-state index contributed by atoms with van der Waals surface area (Å²) in [6.07, 6.45) is -0.611. The highest BCUT2D eigenvalue weighted by Gasteiger charge is 2.03. The summed E-state index contributed by atoms with van der Waals surface area (Å²) in [6.45, 7) is 3.87. The van der Waals surface area contributed by atoms with Crippen LogP contribution in [0.5, 0.6) is 5.75 Å². The third-order valence-electron chi connectivity index (χ3n) is 2.00. The number of nitriles is 1. The maximum Gasteiger partial charge on any atom is 0.413 e. The van der Waals surface area contributed by atoms with E-state index in [0.717, 1.165) is 11.1 Å².